The fourth-order valence-electron chi connectivity index (χ4n) is 1.67. The predicted octanol–water partition coefficient (Wildman–Crippen LogP) is 1.49. The Balaban J connectivity index is 1.87. The van der Waals surface area contributed by atoms with Gasteiger partial charge in [-0.25, -0.2) is 0 Å². The summed E-state index contributed by atoms with van der Waals surface area (Å²) in [6, 6.07) is 7.41. The van der Waals surface area contributed by atoms with E-state index in [1.54, 1.807) is 31.7 Å². The van der Waals surface area contributed by atoms with Crippen LogP contribution in [0.5, 0.6) is 0 Å². The quantitative estimate of drug-likeness (QED) is 0.850. The smallest absolute Gasteiger partial charge is 0.269 e. The summed E-state index contributed by atoms with van der Waals surface area (Å²) in [5, 5.41) is 5.83. The lowest BCUT2D eigenvalue weighted by Gasteiger charge is -2.06. The van der Waals surface area contributed by atoms with E-state index in [0.29, 0.717) is 12.2 Å². The summed E-state index contributed by atoms with van der Waals surface area (Å²) in [5.74, 6) is -0.161. The number of anilines is 1. The van der Waals surface area contributed by atoms with Crippen LogP contribution in [0.4, 0.5) is 5.69 Å². The van der Waals surface area contributed by atoms with Crippen molar-refractivity contribution >= 4 is 11.6 Å². The number of hydrogen-bond acceptors (Lipinski definition) is 4. The van der Waals surface area contributed by atoms with Gasteiger partial charge in [0.05, 0.1) is 0 Å². The van der Waals surface area contributed by atoms with Crippen molar-refractivity contribution in [2.24, 2.45) is 0 Å². The van der Waals surface area contributed by atoms with Crippen molar-refractivity contribution in [1.82, 2.24) is 15.3 Å². The van der Waals surface area contributed by atoms with Crippen LogP contribution in [0, 0.1) is 0 Å². The van der Waals surface area contributed by atoms with Gasteiger partial charge in [0.2, 0.25) is 0 Å². The zero-order chi connectivity index (χ0) is 13.5. The third kappa shape index (κ3) is 3.77. The fraction of sp³-hybridized carbons (Fsp3) is 0.214. The van der Waals surface area contributed by atoms with Gasteiger partial charge < -0.3 is 10.6 Å². The Morgan fingerprint density at radius 2 is 2.00 bits per heavy atom. The highest BCUT2D eigenvalue weighted by Gasteiger charge is 2.06. The summed E-state index contributed by atoms with van der Waals surface area (Å²) in [6.45, 7) is 0.578. The zero-order valence-electron chi connectivity index (χ0n) is 10.8. The molecule has 2 heterocycles. The number of rotatable bonds is 5. The minimum atomic E-state index is -0.161. The predicted molar refractivity (Wildman–Crippen MR) is 74.1 cm³/mol. The van der Waals surface area contributed by atoms with Crippen LogP contribution in [0.15, 0.2) is 42.9 Å². The maximum atomic E-state index is 11.9. The van der Waals surface area contributed by atoms with Crippen molar-refractivity contribution in [3.05, 3.63) is 54.1 Å². The first-order chi connectivity index (χ1) is 9.29. The average molecular weight is 256 g/mol. The molecule has 2 rings (SSSR count). The Bertz CT molecular complexity index is 542. The van der Waals surface area contributed by atoms with Crippen molar-refractivity contribution in [3.8, 4) is 0 Å². The molecule has 0 saturated heterocycles. The Labute approximate surface area is 112 Å². The van der Waals surface area contributed by atoms with E-state index in [1.165, 1.54) is 0 Å². The van der Waals surface area contributed by atoms with Crippen LogP contribution >= 0.6 is 0 Å². The summed E-state index contributed by atoms with van der Waals surface area (Å²) in [5.41, 5.74) is 2.43. The van der Waals surface area contributed by atoms with E-state index in [2.05, 4.69) is 20.6 Å². The van der Waals surface area contributed by atoms with Gasteiger partial charge in [-0.15, -0.1) is 0 Å². The minimum absolute atomic E-state index is 0.161. The lowest BCUT2D eigenvalue weighted by atomic mass is 10.2. The van der Waals surface area contributed by atoms with Crippen LogP contribution in [0.1, 0.15) is 16.1 Å². The molecule has 1 amide bonds. The van der Waals surface area contributed by atoms with Crippen molar-refractivity contribution in [3.63, 3.8) is 0 Å². The molecule has 0 atom stereocenters. The highest BCUT2D eigenvalue weighted by molar-refractivity contribution is 5.93. The van der Waals surface area contributed by atoms with Gasteiger partial charge in [-0.05, 0) is 36.2 Å². The van der Waals surface area contributed by atoms with Crippen LogP contribution in [0.25, 0.3) is 0 Å². The number of carbonyl (C=O) groups is 1. The van der Waals surface area contributed by atoms with Gasteiger partial charge in [0.25, 0.3) is 5.91 Å². The number of hydrogen-bond donors (Lipinski definition) is 2. The van der Waals surface area contributed by atoms with Gasteiger partial charge >= 0.3 is 0 Å². The molecule has 0 aliphatic carbocycles. The number of aromatic nitrogens is 2. The van der Waals surface area contributed by atoms with Crippen molar-refractivity contribution < 1.29 is 4.79 Å². The molecule has 0 aliphatic heterocycles. The lowest BCUT2D eigenvalue weighted by molar-refractivity contribution is 0.0949. The largest absolute Gasteiger partial charge is 0.388 e. The van der Waals surface area contributed by atoms with Crippen LogP contribution in [-0.4, -0.2) is 29.5 Å². The van der Waals surface area contributed by atoms with E-state index in [1.807, 2.05) is 18.2 Å². The normalized spacial score (nSPS) is 9.95. The maximum Gasteiger partial charge on any atom is 0.269 e. The Morgan fingerprint density at radius 1 is 1.21 bits per heavy atom. The molecule has 0 saturated carbocycles. The van der Waals surface area contributed by atoms with Gasteiger partial charge in [-0.2, -0.15) is 0 Å². The molecule has 5 nitrogen and oxygen atoms in total. The molecule has 2 aromatic heterocycles. The first-order valence-electron chi connectivity index (χ1n) is 6.10. The molecule has 5 heteroatoms. The molecule has 0 aliphatic rings. The monoisotopic (exact) mass is 256 g/mol. The molecule has 2 N–H and O–H groups in total. The molecular formula is C14H16N4O. The molecule has 0 aromatic carbocycles. The molecule has 0 spiro atoms. The Hall–Kier alpha value is -2.43. The molecule has 0 radical (unpaired) electrons. The van der Waals surface area contributed by atoms with Crippen molar-refractivity contribution in [1.29, 1.82) is 0 Å². The van der Waals surface area contributed by atoms with E-state index in [0.717, 1.165) is 17.7 Å². The first-order valence-corrected chi connectivity index (χ1v) is 6.10. The van der Waals surface area contributed by atoms with Gasteiger partial charge in [-0.1, -0.05) is 0 Å². The molecule has 98 valence electrons. The van der Waals surface area contributed by atoms with Crippen LogP contribution in [0.2, 0.25) is 0 Å². The number of pyridine rings is 2. The van der Waals surface area contributed by atoms with E-state index < -0.39 is 0 Å². The molecule has 19 heavy (non-hydrogen) atoms. The molecule has 0 unspecified atom stereocenters. The van der Waals surface area contributed by atoms with Gasteiger partial charge in [-0.3, -0.25) is 14.8 Å². The third-order valence-corrected chi connectivity index (χ3v) is 2.73. The second-order valence-electron chi connectivity index (χ2n) is 4.04. The fourth-order valence-corrected chi connectivity index (χ4v) is 1.67. The summed E-state index contributed by atoms with van der Waals surface area (Å²) in [7, 11) is 1.81. The van der Waals surface area contributed by atoms with Gasteiger partial charge in [0, 0.05) is 37.9 Å². The van der Waals surface area contributed by atoms with Crippen molar-refractivity contribution in [2.45, 2.75) is 6.42 Å². The second-order valence-corrected chi connectivity index (χ2v) is 4.04. The van der Waals surface area contributed by atoms with Crippen LogP contribution < -0.4 is 10.6 Å². The minimum Gasteiger partial charge on any atom is -0.388 e. The number of amides is 1. The zero-order valence-corrected chi connectivity index (χ0v) is 10.8. The molecule has 0 fully saturated rings. The van der Waals surface area contributed by atoms with E-state index in [4.69, 9.17) is 0 Å². The topological polar surface area (TPSA) is 66.9 Å². The molecule has 2 aromatic rings. The summed E-state index contributed by atoms with van der Waals surface area (Å²) >= 11 is 0. The number of nitrogens with zero attached hydrogens (tertiary/aromatic N) is 2. The van der Waals surface area contributed by atoms with Crippen LogP contribution in [0.3, 0.4) is 0 Å². The van der Waals surface area contributed by atoms with E-state index in [-0.39, 0.29) is 5.91 Å². The SMILES string of the molecule is CNc1ccnc(C(=O)NCCc2ccncc2)c1. The van der Waals surface area contributed by atoms with E-state index >= 15 is 0 Å². The highest BCUT2D eigenvalue weighted by atomic mass is 16.1. The van der Waals surface area contributed by atoms with Crippen molar-refractivity contribution in [2.75, 3.05) is 18.9 Å². The maximum absolute atomic E-state index is 11.9. The summed E-state index contributed by atoms with van der Waals surface area (Å²) < 4.78 is 0. The van der Waals surface area contributed by atoms with E-state index in [9.17, 15) is 4.79 Å². The molecular weight excluding hydrogens is 240 g/mol. The van der Waals surface area contributed by atoms with Gasteiger partial charge in [0.15, 0.2) is 0 Å². The third-order valence-electron chi connectivity index (χ3n) is 2.73. The first kappa shape index (κ1) is 13.0. The average Bonchev–Trinajstić information content (AvgIpc) is 2.48. The Kier molecular flexibility index (Phi) is 4.44. The Morgan fingerprint density at radius 3 is 2.74 bits per heavy atom. The summed E-state index contributed by atoms with van der Waals surface area (Å²) in [4.78, 5) is 19.9. The number of carbonyl (C=O) groups excluding carboxylic acids is 1. The standard InChI is InChI=1S/C14H16N4O/c1-15-12-5-9-17-13(10-12)14(19)18-8-4-11-2-6-16-7-3-11/h2-3,5-7,9-10H,4,8H2,1H3,(H,15,17)(H,18,19). The molecule has 0 bridgehead atoms. The second kappa shape index (κ2) is 6.49. The lowest BCUT2D eigenvalue weighted by Crippen LogP contribution is -2.26. The highest BCUT2D eigenvalue weighted by Crippen LogP contribution is 2.06. The summed E-state index contributed by atoms with van der Waals surface area (Å²) in [6.07, 6.45) is 5.88. The van der Waals surface area contributed by atoms with Gasteiger partial charge in [0.1, 0.15) is 5.69 Å². The van der Waals surface area contributed by atoms with Crippen LogP contribution in [-0.2, 0) is 6.42 Å². The number of nitrogens with one attached hydrogen (secondary N) is 2.